The first kappa shape index (κ1) is 16.3. The molecule has 0 aliphatic rings. The van der Waals surface area contributed by atoms with Crippen LogP contribution in [0.4, 0.5) is 0 Å². The number of likely N-dealkylation sites (N-methyl/N-ethyl adjacent to an activating group) is 1. The normalized spacial score (nSPS) is 12.6. The van der Waals surface area contributed by atoms with E-state index in [-0.39, 0.29) is 6.04 Å². The fourth-order valence-electron chi connectivity index (χ4n) is 2.50. The van der Waals surface area contributed by atoms with E-state index in [1.807, 2.05) is 24.4 Å². The minimum absolute atomic E-state index is 0.154. The van der Waals surface area contributed by atoms with Crippen molar-refractivity contribution in [1.29, 1.82) is 0 Å². The topological polar surface area (TPSA) is 29.9 Å². The molecule has 0 spiro atoms. The Balaban J connectivity index is 2.29. The fourth-order valence-corrected chi connectivity index (χ4v) is 3.05. The van der Waals surface area contributed by atoms with E-state index in [9.17, 15) is 0 Å². The Morgan fingerprint density at radius 2 is 1.90 bits per heavy atom. The van der Waals surface area contributed by atoms with Gasteiger partial charge in [0.05, 0.1) is 11.7 Å². The molecule has 1 heterocycles. The zero-order valence-electron chi connectivity index (χ0n) is 12.4. The van der Waals surface area contributed by atoms with Gasteiger partial charge in [-0.05, 0) is 43.1 Å². The molecule has 0 amide bonds. The molecule has 114 valence electrons. The van der Waals surface area contributed by atoms with E-state index in [0.717, 1.165) is 31.5 Å². The standard InChI is InChI=1S/C16H21Cl2N3/c1-3-10-21-16(8-9-20-21)15(19-4-2)11-12-13(17)6-5-7-14(12)18/h5-9,15,19H,3-4,10-11H2,1-2H3. The van der Waals surface area contributed by atoms with Gasteiger partial charge in [0.1, 0.15) is 0 Å². The molecule has 0 aliphatic heterocycles. The van der Waals surface area contributed by atoms with Gasteiger partial charge in [-0.3, -0.25) is 4.68 Å². The molecule has 1 atom stereocenters. The van der Waals surface area contributed by atoms with Crippen LogP contribution in [0.2, 0.25) is 10.0 Å². The van der Waals surface area contributed by atoms with Gasteiger partial charge in [-0.2, -0.15) is 5.10 Å². The van der Waals surface area contributed by atoms with Crippen molar-refractivity contribution in [2.24, 2.45) is 0 Å². The molecule has 0 saturated carbocycles. The molecule has 3 nitrogen and oxygen atoms in total. The molecule has 0 aliphatic carbocycles. The highest BCUT2D eigenvalue weighted by atomic mass is 35.5. The lowest BCUT2D eigenvalue weighted by Crippen LogP contribution is -2.26. The van der Waals surface area contributed by atoms with Gasteiger partial charge in [0.2, 0.25) is 0 Å². The van der Waals surface area contributed by atoms with E-state index in [0.29, 0.717) is 10.0 Å². The second-order valence-corrected chi connectivity index (χ2v) is 5.81. The van der Waals surface area contributed by atoms with Crippen LogP contribution in [-0.2, 0) is 13.0 Å². The minimum atomic E-state index is 0.154. The maximum absolute atomic E-state index is 6.30. The average Bonchev–Trinajstić information content (AvgIpc) is 2.90. The number of hydrogen-bond donors (Lipinski definition) is 1. The zero-order valence-corrected chi connectivity index (χ0v) is 14.0. The number of aryl methyl sites for hydroxylation is 1. The molecule has 1 aromatic heterocycles. The molecular formula is C16H21Cl2N3. The van der Waals surface area contributed by atoms with Crippen molar-refractivity contribution in [3.8, 4) is 0 Å². The Morgan fingerprint density at radius 3 is 2.52 bits per heavy atom. The summed E-state index contributed by atoms with van der Waals surface area (Å²) in [6.45, 7) is 6.05. The Hall–Kier alpha value is -1.03. The molecule has 2 aromatic rings. The number of aromatic nitrogens is 2. The maximum atomic E-state index is 6.30. The first-order chi connectivity index (χ1) is 10.2. The number of benzene rings is 1. The summed E-state index contributed by atoms with van der Waals surface area (Å²) in [4.78, 5) is 0. The van der Waals surface area contributed by atoms with E-state index >= 15 is 0 Å². The second-order valence-electron chi connectivity index (χ2n) is 4.99. The summed E-state index contributed by atoms with van der Waals surface area (Å²) in [6.07, 6.45) is 3.66. The lowest BCUT2D eigenvalue weighted by atomic mass is 10.0. The summed E-state index contributed by atoms with van der Waals surface area (Å²) in [5.74, 6) is 0. The molecule has 1 aromatic carbocycles. The van der Waals surface area contributed by atoms with Crippen molar-refractivity contribution < 1.29 is 0 Å². The zero-order chi connectivity index (χ0) is 15.2. The van der Waals surface area contributed by atoms with Crippen molar-refractivity contribution in [3.05, 3.63) is 51.8 Å². The molecule has 0 bridgehead atoms. The van der Waals surface area contributed by atoms with Gasteiger partial charge >= 0.3 is 0 Å². The van der Waals surface area contributed by atoms with Gasteiger partial charge in [-0.1, -0.05) is 43.1 Å². The van der Waals surface area contributed by atoms with Gasteiger partial charge in [-0.15, -0.1) is 0 Å². The summed E-state index contributed by atoms with van der Waals surface area (Å²) in [5, 5.41) is 9.34. The van der Waals surface area contributed by atoms with Gasteiger partial charge in [0.15, 0.2) is 0 Å². The summed E-state index contributed by atoms with van der Waals surface area (Å²) in [7, 11) is 0. The van der Waals surface area contributed by atoms with Crippen LogP contribution in [0.25, 0.3) is 0 Å². The quantitative estimate of drug-likeness (QED) is 0.812. The Bertz CT molecular complexity index is 560. The molecule has 0 fully saturated rings. The molecule has 0 saturated heterocycles. The van der Waals surface area contributed by atoms with Gasteiger partial charge < -0.3 is 5.32 Å². The monoisotopic (exact) mass is 325 g/mol. The number of halogens is 2. The van der Waals surface area contributed by atoms with E-state index in [1.54, 1.807) is 0 Å². The molecule has 1 N–H and O–H groups in total. The van der Waals surface area contributed by atoms with Crippen LogP contribution in [-0.4, -0.2) is 16.3 Å². The fraction of sp³-hybridized carbons (Fsp3) is 0.438. The molecule has 1 unspecified atom stereocenters. The average molecular weight is 326 g/mol. The predicted octanol–water partition coefficient (Wildman–Crippen LogP) is 4.49. The molecule has 0 radical (unpaired) electrons. The maximum Gasteiger partial charge on any atom is 0.0557 e. The van der Waals surface area contributed by atoms with Gasteiger partial charge in [0.25, 0.3) is 0 Å². The van der Waals surface area contributed by atoms with Crippen molar-refractivity contribution >= 4 is 23.2 Å². The van der Waals surface area contributed by atoms with Gasteiger partial charge in [0, 0.05) is 22.8 Å². The van der Waals surface area contributed by atoms with Crippen LogP contribution in [0.3, 0.4) is 0 Å². The number of nitrogens with one attached hydrogen (secondary N) is 1. The van der Waals surface area contributed by atoms with Crippen LogP contribution < -0.4 is 5.32 Å². The smallest absolute Gasteiger partial charge is 0.0557 e. The largest absolute Gasteiger partial charge is 0.309 e. The molecule has 21 heavy (non-hydrogen) atoms. The van der Waals surface area contributed by atoms with Crippen LogP contribution in [0.5, 0.6) is 0 Å². The summed E-state index contributed by atoms with van der Waals surface area (Å²) in [6, 6.07) is 7.86. The summed E-state index contributed by atoms with van der Waals surface area (Å²) < 4.78 is 2.05. The van der Waals surface area contributed by atoms with E-state index in [1.165, 1.54) is 5.69 Å². The predicted molar refractivity (Wildman–Crippen MR) is 89.1 cm³/mol. The Kier molecular flexibility index (Phi) is 6.09. The lowest BCUT2D eigenvalue weighted by Gasteiger charge is -2.20. The van der Waals surface area contributed by atoms with Crippen molar-refractivity contribution in [2.45, 2.75) is 39.3 Å². The van der Waals surface area contributed by atoms with Crippen LogP contribution in [0.15, 0.2) is 30.5 Å². The molecular weight excluding hydrogens is 305 g/mol. The molecule has 5 heteroatoms. The lowest BCUT2D eigenvalue weighted by molar-refractivity contribution is 0.478. The first-order valence-electron chi connectivity index (χ1n) is 7.35. The summed E-state index contributed by atoms with van der Waals surface area (Å²) >= 11 is 12.6. The number of rotatable bonds is 7. The number of hydrogen-bond acceptors (Lipinski definition) is 2. The highest BCUT2D eigenvalue weighted by molar-refractivity contribution is 6.36. The van der Waals surface area contributed by atoms with Crippen molar-refractivity contribution in [1.82, 2.24) is 15.1 Å². The van der Waals surface area contributed by atoms with Crippen LogP contribution in [0, 0.1) is 0 Å². The van der Waals surface area contributed by atoms with E-state index in [2.05, 4.69) is 35.0 Å². The first-order valence-corrected chi connectivity index (χ1v) is 8.10. The third-order valence-electron chi connectivity index (χ3n) is 3.46. The van der Waals surface area contributed by atoms with E-state index in [4.69, 9.17) is 23.2 Å². The third kappa shape index (κ3) is 4.00. The SMILES string of the molecule is CCCn1nccc1C(Cc1c(Cl)cccc1Cl)NCC. The highest BCUT2D eigenvalue weighted by Gasteiger charge is 2.18. The van der Waals surface area contributed by atoms with Crippen LogP contribution >= 0.6 is 23.2 Å². The third-order valence-corrected chi connectivity index (χ3v) is 4.17. The minimum Gasteiger partial charge on any atom is -0.309 e. The Labute approximate surface area is 136 Å². The van der Waals surface area contributed by atoms with Crippen molar-refractivity contribution in [3.63, 3.8) is 0 Å². The Morgan fingerprint density at radius 1 is 1.19 bits per heavy atom. The van der Waals surface area contributed by atoms with Crippen LogP contribution in [0.1, 0.15) is 37.6 Å². The molecule has 2 rings (SSSR count). The van der Waals surface area contributed by atoms with Gasteiger partial charge in [-0.25, -0.2) is 0 Å². The number of nitrogens with zero attached hydrogens (tertiary/aromatic N) is 2. The summed E-state index contributed by atoms with van der Waals surface area (Å²) in [5.41, 5.74) is 2.16. The van der Waals surface area contributed by atoms with E-state index < -0.39 is 0 Å². The van der Waals surface area contributed by atoms with Crippen molar-refractivity contribution in [2.75, 3.05) is 6.54 Å². The highest BCUT2D eigenvalue weighted by Crippen LogP contribution is 2.29. The second kappa shape index (κ2) is 7.83.